The number of non-ortho nitro benzene ring substituents is 1. The summed E-state index contributed by atoms with van der Waals surface area (Å²) in [5.41, 5.74) is 1.54. The first-order valence-corrected chi connectivity index (χ1v) is 9.79. The molecule has 27 heavy (non-hydrogen) atoms. The van der Waals surface area contributed by atoms with Gasteiger partial charge in [0.2, 0.25) is 5.91 Å². The van der Waals surface area contributed by atoms with Gasteiger partial charge in [0.15, 0.2) is 11.0 Å². The van der Waals surface area contributed by atoms with Gasteiger partial charge in [-0.05, 0) is 17.4 Å². The Morgan fingerprint density at radius 2 is 2.07 bits per heavy atom. The van der Waals surface area contributed by atoms with E-state index in [4.69, 9.17) is 0 Å². The average molecular weight is 385 g/mol. The number of hydrogen-bond acceptors (Lipinski definition) is 6. The van der Waals surface area contributed by atoms with E-state index in [-0.39, 0.29) is 22.8 Å². The van der Waals surface area contributed by atoms with Crippen molar-refractivity contribution in [1.82, 2.24) is 4.90 Å². The summed E-state index contributed by atoms with van der Waals surface area (Å²) >= 11 is 1.49. The molecule has 140 valence electrons. The second-order valence-electron chi connectivity index (χ2n) is 7.81. The molecule has 3 aliphatic rings. The lowest BCUT2D eigenvalue weighted by molar-refractivity contribution is -0.384. The summed E-state index contributed by atoms with van der Waals surface area (Å²) in [4.78, 5) is 42.7. The van der Waals surface area contributed by atoms with Crippen molar-refractivity contribution < 1.29 is 14.5 Å². The molecule has 8 heteroatoms. The summed E-state index contributed by atoms with van der Waals surface area (Å²) in [6.45, 7) is 4.06. The minimum Gasteiger partial charge on any atom is -0.294 e. The topological polar surface area (TPSA) is 92.9 Å². The van der Waals surface area contributed by atoms with Gasteiger partial charge in [0.1, 0.15) is 0 Å². The lowest BCUT2D eigenvalue weighted by Gasteiger charge is -2.43. The standard InChI is InChI=1S/C19H19N3O4S/c1-19(2)9-13-16(14(23)10-19)17(11-4-3-5-12(8-11)22(25)26)21-15(24)6-7-27-18(21)20-13/h3-5,8,17H,6-7,9-10H2,1-2H3/t17-/m1/s1. The number of amidine groups is 1. The Morgan fingerprint density at radius 1 is 1.30 bits per heavy atom. The average Bonchev–Trinajstić information content (AvgIpc) is 2.59. The van der Waals surface area contributed by atoms with E-state index in [9.17, 15) is 19.7 Å². The molecule has 1 aromatic carbocycles. The molecular weight excluding hydrogens is 366 g/mol. The molecule has 0 N–H and O–H groups in total. The molecule has 0 spiro atoms. The molecule has 7 nitrogen and oxygen atoms in total. The zero-order chi connectivity index (χ0) is 19.3. The number of benzene rings is 1. The van der Waals surface area contributed by atoms with Gasteiger partial charge < -0.3 is 0 Å². The van der Waals surface area contributed by atoms with Crippen LogP contribution < -0.4 is 0 Å². The van der Waals surface area contributed by atoms with Crippen LogP contribution in [-0.4, -0.2) is 32.4 Å². The Kier molecular flexibility index (Phi) is 4.18. The Hall–Kier alpha value is -2.48. The van der Waals surface area contributed by atoms with E-state index in [0.717, 1.165) is 0 Å². The fourth-order valence-electron chi connectivity index (χ4n) is 3.95. The fourth-order valence-corrected chi connectivity index (χ4v) is 4.93. The molecule has 2 heterocycles. The lowest BCUT2D eigenvalue weighted by Crippen LogP contribution is -2.47. The van der Waals surface area contributed by atoms with Crippen LogP contribution in [-0.2, 0) is 9.59 Å². The highest BCUT2D eigenvalue weighted by atomic mass is 32.2. The third-order valence-electron chi connectivity index (χ3n) is 5.08. The SMILES string of the molecule is CC1(C)CC(=O)C2=C(C1)N=C1SCCC(=O)N1[C@@H]2c1cccc([N+](=O)[O-])c1. The Labute approximate surface area is 160 Å². The van der Waals surface area contributed by atoms with Crippen molar-refractivity contribution in [3.63, 3.8) is 0 Å². The summed E-state index contributed by atoms with van der Waals surface area (Å²) in [7, 11) is 0. The van der Waals surface area contributed by atoms with Crippen molar-refractivity contribution in [2.45, 2.75) is 39.2 Å². The first-order chi connectivity index (χ1) is 12.8. The summed E-state index contributed by atoms with van der Waals surface area (Å²) in [5, 5.41) is 11.8. The number of rotatable bonds is 2. The maximum atomic E-state index is 13.0. The van der Waals surface area contributed by atoms with Crippen LogP contribution in [0, 0.1) is 15.5 Å². The van der Waals surface area contributed by atoms with Crippen molar-refractivity contribution in [2.24, 2.45) is 10.4 Å². The normalized spacial score (nSPS) is 24.3. The molecular formula is C19H19N3O4S. The number of Topliss-reactive ketones (excluding diaryl/α,β-unsaturated/α-hetero) is 1. The van der Waals surface area contributed by atoms with Crippen molar-refractivity contribution in [3.05, 3.63) is 51.2 Å². The summed E-state index contributed by atoms with van der Waals surface area (Å²) < 4.78 is 0. The van der Waals surface area contributed by atoms with Crippen molar-refractivity contribution in [1.29, 1.82) is 0 Å². The molecule has 4 rings (SSSR count). The number of nitrogens with zero attached hydrogens (tertiary/aromatic N) is 3. The minimum atomic E-state index is -0.642. The number of nitro benzene ring substituents is 1. The van der Waals surface area contributed by atoms with Crippen LogP contribution in [0.4, 0.5) is 5.69 Å². The summed E-state index contributed by atoms with van der Waals surface area (Å²) in [6.07, 6.45) is 1.38. The molecule has 0 unspecified atom stereocenters. The highest BCUT2D eigenvalue weighted by Gasteiger charge is 2.45. The molecule has 0 bridgehead atoms. The molecule has 1 aliphatic carbocycles. The number of fused-ring (bicyclic) bond motifs is 1. The number of hydrogen-bond donors (Lipinski definition) is 0. The molecule has 1 aromatic rings. The van der Waals surface area contributed by atoms with Gasteiger partial charge in [0.25, 0.3) is 5.69 Å². The van der Waals surface area contributed by atoms with Gasteiger partial charge in [-0.3, -0.25) is 24.6 Å². The predicted molar refractivity (Wildman–Crippen MR) is 102 cm³/mol. The van der Waals surface area contributed by atoms with E-state index in [0.29, 0.717) is 47.0 Å². The molecule has 1 atom stereocenters. The molecule has 0 saturated carbocycles. The van der Waals surface area contributed by atoms with Crippen LogP contribution in [0.15, 0.2) is 40.5 Å². The molecule has 2 aliphatic heterocycles. The summed E-state index contributed by atoms with van der Waals surface area (Å²) in [6, 6.07) is 5.56. The Bertz CT molecular complexity index is 935. The molecule has 0 aromatic heterocycles. The maximum absolute atomic E-state index is 13.0. The first-order valence-electron chi connectivity index (χ1n) is 8.81. The largest absolute Gasteiger partial charge is 0.294 e. The zero-order valence-corrected chi connectivity index (χ0v) is 15.9. The van der Waals surface area contributed by atoms with Crippen LogP contribution in [0.3, 0.4) is 0 Å². The second-order valence-corrected chi connectivity index (χ2v) is 8.87. The number of thioether (sulfide) groups is 1. The summed E-state index contributed by atoms with van der Waals surface area (Å²) in [5.74, 6) is 0.507. The number of carbonyl (C=O) groups excluding carboxylic acids is 2. The number of nitro groups is 1. The Balaban J connectivity index is 1.91. The fraction of sp³-hybridized carbons (Fsp3) is 0.421. The number of allylic oxidation sites excluding steroid dienone is 1. The number of aliphatic imine (C=N–C) groups is 1. The number of amides is 1. The van der Waals surface area contributed by atoms with Gasteiger partial charge in [0.05, 0.1) is 16.7 Å². The van der Waals surface area contributed by atoms with Crippen molar-refractivity contribution in [3.8, 4) is 0 Å². The van der Waals surface area contributed by atoms with Gasteiger partial charge in [-0.1, -0.05) is 37.7 Å². The van der Waals surface area contributed by atoms with Crippen LogP contribution in [0.2, 0.25) is 0 Å². The van der Waals surface area contributed by atoms with Gasteiger partial charge in [-0.15, -0.1) is 0 Å². The smallest absolute Gasteiger partial charge is 0.269 e. The number of ketones is 1. The highest BCUT2D eigenvalue weighted by molar-refractivity contribution is 8.14. The second kappa shape index (κ2) is 6.30. The monoisotopic (exact) mass is 385 g/mol. The van der Waals surface area contributed by atoms with E-state index in [1.54, 1.807) is 17.0 Å². The third kappa shape index (κ3) is 3.07. The molecule has 1 amide bonds. The molecule has 1 saturated heterocycles. The van der Waals surface area contributed by atoms with Crippen LogP contribution in [0.1, 0.15) is 44.7 Å². The van der Waals surface area contributed by atoms with Gasteiger partial charge in [0, 0.05) is 36.3 Å². The Morgan fingerprint density at radius 3 is 2.81 bits per heavy atom. The van der Waals surface area contributed by atoms with E-state index in [1.165, 1.54) is 23.9 Å². The van der Waals surface area contributed by atoms with E-state index >= 15 is 0 Å². The quantitative estimate of drug-likeness (QED) is 0.573. The van der Waals surface area contributed by atoms with E-state index in [2.05, 4.69) is 4.99 Å². The third-order valence-corrected chi connectivity index (χ3v) is 6.03. The number of carbonyl (C=O) groups is 2. The molecule has 1 fully saturated rings. The van der Waals surface area contributed by atoms with Crippen LogP contribution in [0.25, 0.3) is 0 Å². The van der Waals surface area contributed by atoms with Gasteiger partial charge in [-0.25, -0.2) is 4.99 Å². The predicted octanol–water partition coefficient (Wildman–Crippen LogP) is 3.61. The van der Waals surface area contributed by atoms with Crippen molar-refractivity contribution in [2.75, 3.05) is 5.75 Å². The highest BCUT2D eigenvalue weighted by Crippen LogP contribution is 2.48. The van der Waals surface area contributed by atoms with Gasteiger partial charge >= 0.3 is 0 Å². The van der Waals surface area contributed by atoms with Crippen LogP contribution >= 0.6 is 11.8 Å². The van der Waals surface area contributed by atoms with E-state index in [1.807, 2.05) is 13.8 Å². The van der Waals surface area contributed by atoms with E-state index < -0.39 is 11.0 Å². The van der Waals surface area contributed by atoms with Crippen molar-refractivity contribution >= 4 is 34.3 Å². The van der Waals surface area contributed by atoms with Gasteiger partial charge in [-0.2, -0.15) is 0 Å². The lowest BCUT2D eigenvalue weighted by atomic mass is 9.73. The maximum Gasteiger partial charge on any atom is 0.269 e. The van der Waals surface area contributed by atoms with Crippen LogP contribution in [0.5, 0.6) is 0 Å². The first kappa shape index (κ1) is 17.9. The minimum absolute atomic E-state index is 0.0380. The zero-order valence-electron chi connectivity index (χ0n) is 15.1. The molecule has 0 radical (unpaired) electrons.